The van der Waals surface area contributed by atoms with Gasteiger partial charge in [-0.3, -0.25) is 4.57 Å². The Balaban J connectivity index is 1.62. The van der Waals surface area contributed by atoms with Gasteiger partial charge in [0.15, 0.2) is 23.2 Å². The van der Waals surface area contributed by atoms with Gasteiger partial charge < -0.3 is 30.1 Å². The molecule has 2 aromatic heterocycles. The quantitative estimate of drug-likeness (QED) is 0.469. The fourth-order valence-electron chi connectivity index (χ4n) is 3.45. The second-order valence-corrected chi connectivity index (χ2v) is 6.92. The third-order valence-corrected chi connectivity index (χ3v) is 5.10. The van der Waals surface area contributed by atoms with E-state index in [-0.39, 0.29) is 6.04 Å². The average Bonchev–Trinajstić information content (AvgIpc) is 3.30. The van der Waals surface area contributed by atoms with Gasteiger partial charge in [-0.2, -0.15) is 0 Å². The zero-order valence-corrected chi connectivity index (χ0v) is 16.0. The lowest BCUT2D eigenvalue weighted by molar-refractivity contribution is -0.0511. The molecule has 0 bridgehead atoms. The molecule has 3 aromatic rings. The van der Waals surface area contributed by atoms with Crippen LogP contribution in [0.3, 0.4) is 0 Å². The van der Waals surface area contributed by atoms with Crippen molar-refractivity contribution >= 4 is 17.0 Å². The van der Waals surface area contributed by atoms with Crippen molar-refractivity contribution in [3.05, 3.63) is 42.5 Å². The molecule has 2 unspecified atom stereocenters. The molecule has 4 N–H and O–H groups in total. The molecular formula is C19H23N5O5. The Morgan fingerprint density at radius 1 is 1.24 bits per heavy atom. The Bertz CT molecular complexity index is 996. The van der Waals surface area contributed by atoms with Gasteiger partial charge in [0.2, 0.25) is 0 Å². The summed E-state index contributed by atoms with van der Waals surface area (Å²) < 4.78 is 12.4. The molecule has 10 nitrogen and oxygen atoms in total. The van der Waals surface area contributed by atoms with Crippen molar-refractivity contribution in [3.63, 3.8) is 0 Å². The lowest BCUT2D eigenvalue weighted by Crippen LogP contribution is -2.33. The molecule has 0 radical (unpaired) electrons. The number of nitrogens with zero attached hydrogens (tertiary/aromatic N) is 4. The van der Waals surface area contributed by atoms with Gasteiger partial charge in [0.05, 0.1) is 26.1 Å². The van der Waals surface area contributed by atoms with Gasteiger partial charge in [0.1, 0.15) is 30.4 Å². The van der Waals surface area contributed by atoms with Crippen molar-refractivity contribution in [1.29, 1.82) is 0 Å². The first-order valence-electron chi connectivity index (χ1n) is 9.24. The second-order valence-electron chi connectivity index (χ2n) is 6.92. The van der Waals surface area contributed by atoms with E-state index < -0.39 is 31.1 Å². The molecule has 29 heavy (non-hydrogen) atoms. The van der Waals surface area contributed by atoms with Crippen LogP contribution >= 0.6 is 0 Å². The van der Waals surface area contributed by atoms with Gasteiger partial charge in [-0.15, -0.1) is 0 Å². The van der Waals surface area contributed by atoms with Crippen LogP contribution in [0.25, 0.3) is 11.2 Å². The van der Waals surface area contributed by atoms with E-state index in [4.69, 9.17) is 9.47 Å². The zero-order valence-electron chi connectivity index (χ0n) is 16.0. The summed E-state index contributed by atoms with van der Waals surface area (Å²) >= 11 is 0. The van der Waals surface area contributed by atoms with Crippen LogP contribution in [0, 0.1) is 0 Å². The predicted octanol–water partition coefficient (Wildman–Crippen LogP) is 0.619. The Hall–Kier alpha value is -2.79. The molecule has 5 atom stereocenters. The standard InChI is InChI=1S/C19H23N5O5/c1-10(11-4-3-5-12(6-11)28-2)23-17-14-18(21-8-20-17)24(9-22-14)19-16(27)15(26)13(7-25)29-19/h3-6,8-10,13,15-16,19,25-27H,7H2,1-2H3,(H,20,21,23)/t10-,13-,15?,16?,19-/m1/s1. The summed E-state index contributed by atoms with van der Waals surface area (Å²) in [5.74, 6) is 1.29. The fraction of sp³-hybridized carbons (Fsp3) is 0.421. The molecule has 0 saturated carbocycles. The first kappa shape index (κ1) is 19.5. The Morgan fingerprint density at radius 2 is 2.07 bits per heavy atom. The van der Waals surface area contributed by atoms with E-state index in [1.807, 2.05) is 31.2 Å². The lowest BCUT2D eigenvalue weighted by atomic mass is 10.1. The van der Waals surface area contributed by atoms with E-state index in [0.717, 1.165) is 11.3 Å². The number of hydrogen-bond acceptors (Lipinski definition) is 9. The molecule has 0 spiro atoms. The number of nitrogens with one attached hydrogen (secondary N) is 1. The van der Waals surface area contributed by atoms with E-state index >= 15 is 0 Å². The monoisotopic (exact) mass is 401 g/mol. The van der Waals surface area contributed by atoms with Crippen LogP contribution in [0.15, 0.2) is 36.9 Å². The fourth-order valence-corrected chi connectivity index (χ4v) is 3.45. The van der Waals surface area contributed by atoms with Crippen LogP contribution in [0.4, 0.5) is 5.82 Å². The first-order valence-corrected chi connectivity index (χ1v) is 9.24. The minimum absolute atomic E-state index is 0.0812. The van der Waals surface area contributed by atoms with Gasteiger partial charge in [-0.05, 0) is 24.6 Å². The topological polar surface area (TPSA) is 135 Å². The average molecular weight is 401 g/mol. The summed E-state index contributed by atoms with van der Waals surface area (Å²) in [6.07, 6.45) is -1.34. The highest BCUT2D eigenvalue weighted by Gasteiger charge is 2.44. The third kappa shape index (κ3) is 3.51. The number of fused-ring (bicyclic) bond motifs is 1. The number of aliphatic hydroxyl groups is 3. The number of ether oxygens (including phenoxy) is 2. The summed E-state index contributed by atoms with van der Waals surface area (Å²) in [5.41, 5.74) is 1.95. The maximum atomic E-state index is 10.3. The molecular weight excluding hydrogens is 378 g/mol. The van der Waals surface area contributed by atoms with Gasteiger partial charge in [-0.25, -0.2) is 15.0 Å². The summed E-state index contributed by atoms with van der Waals surface area (Å²) in [4.78, 5) is 12.9. The molecule has 4 rings (SSSR count). The van der Waals surface area contributed by atoms with Crippen molar-refractivity contribution < 1.29 is 24.8 Å². The number of methoxy groups -OCH3 is 1. The van der Waals surface area contributed by atoms with E-state index in [1.54, 1.807) is 7.11 Å². The van der Waals surface area contributed by atoms with E-state index in [9.17, 15) is 15.3 Å². The van der Waals surface area contributed by atoms with Crippen LogP contribution in [0.2, 0.25) is 0 Å². The Labute approximate surface area is 166 Å². The Kier molecular flexibility index (Phi) is 5.33. The minimum atomic E-state index is -1.22. The summed E-state index contributed by atoms with van der Waals surface area (Å²) in [6.45, 7) is 1.59. The third-order valence-electron chi connectivity index (χ3n) is 5.10. The van der Waals surface area contributed by atoms with Crippen molar-refractivity contribution in [1.82, 2.24) is 19.5 Å². The zero-order chi connectivity index (χ0) is 20.5. The number of aliphatic hydroxyl groups excluding tert-OH is 3. The van der Waals surface area contributed by atoms with Crippen molar-refractivity contribution in [2.45, 2.75) is 37.5 Å². The van der Waals surface area contributed by atoms with Gasteiger partial charge in [-0.1, -0.05) is 12.1 Å². The lowest BCUT2D eigenvalue weighted by Gasteiger charge is -2.17. The van der Waals surface area contributed by atoms with Gasteiger partial charge in [0.25, 0.3) is 0 Å². The number of hydrogen-bond donors (Lipinski definition) is 4. The van der Waals surface area contributed by atoms with Crippen LogP contribution in [-0.2, 0) is 4.74 Å². The highest BCUT2D eigenvalue weighted by Crippen LogP contribution is 2.32. The smallest absolute Gasteiger partial charge is 0.167 e. The normalized spacial score (nSPS) is 25.3. The number of rotatable bonds is 6. The predicted molar refractivity (Wildman–Crippen MR) is 103 cm³/mol. The number of aromatic nitrogens is 4. The molecule has 10 heteroatoms. The van der Waals surface area contributed by atoms with Crippen molar-refractivity contribution in [2.75, 3.05) is 19.0 Å². The van der Waals surface area contributed by atoms with E-state index in [1.165, 1.54) is 17.2 Å². The van der Waals surface area contributed by atoms with E-state index in [0.29, 0.717) is 17.0 Å². The summed E-state index contributed by atoms with van der Waals surface area (Å²) in [5, 5.41) is 32.9. The molecule has 0 amide bonds. The van der Waals surface area contributed by atoms with Crippen LogP contribution in [0.5, 0.6) is 5.75 Å². The Morgan fingerprint density at radius 3 is 2.79 bits per heavy atom. The number of imidazole rings is 1. The maximum Gasteiger partial charge on any atom is 0.167 e. The van der Waals surface area contributed by atoms with Crippen molar-refractivity contribution in [2.24, 2.45) is 0 Å². The molecule has 1 aliphatic rings. The number of anilines is 1. The first-order chi connectivity index (χ1) is 14.0. The minimum Gasteiger partial charge on any atom is -0.497 e. The molecule has 1 aliphatic heterocycles. The van der Waals surface area contributed by atoms with Gasteiger partial charge >= 0.3 is 0 Å². The molecule has 3 heterocycles. The van der Waals surface area contributed by atoms with Crippen molar-refractivity contribution in [3.8, 4) is 5.75 Å². The highest BCUT2D eigenvalue weighted by molar-refractivity contribution is 5.82. The SMILES string of the molecule is COc1cccc([C@@H](C)Nc2ncnc3c2ncn3[C@@H]2O[C@H](CO)C(O)C2O)c1. The summed E-state index contributed by atoms with van der Waals surface area (Å²) in [7, 11) is 1.62. The second kappa shape index (κ2) is 7.91. The largest absolute Gasteiger partial charge is 0.497 e. The molecule has 0 aliphatic carbocycles. The maximum absolute atomic E-state index is 10.3. The summed E-state index contributed by atoms with van der Waals surface area (Å²) in [6, 6.07) is 7.63. The van der Waals surface area contributed by atoms with Gasteiger partial charge in [0, 0.05) is 0 Å². The van der Waals surface area contributed by atoms with Crippen LogP contribution in [0.1, 0.15) is 24.8 Å². The molecule has 1 fully saturated rings. The number of benzene rings is 1. The van der Waals surface area contributed by atoms with E-state index in [2.05, 4.69) is 20.3 Å². The highest BCUT2D eigenvalue weighted by atomic mass is 16.6. The van der Waals surface area contributed by atoms with Crippen LogP contribution in [-0.4, -0.2) is 66.9 Å². The van der Waals surface area contributed by atoms with Crippen LogP contribution < -0.4 is 10.1 Å². The molecule has 1 aromatic carbocycles. The molecule has 1 saturated heterocycles. The molecule has 154 valence electrons.